The maximum absolute atomic E-state index is 11.8. The smallest absolute Gasteiger partial charge is 0.238 e. The first-order valence-corrected chi connectivity index (χ1v) is 7.49. The summed E-state index contributed by atoms with van der Waals surface area (Å²) in [6, 6.07) is 0.286. The molecule has 1 aliphatic rings. The lowest BCUT2D eigenvalue weighted by molar-refractivity contribution is -0.125. The van der Waals surface area contributed by atoms with E-state index < -0.39 is 5.54 Å². The maximum Gasteiger partial charge on any atom is 0.238 e. The Morgan fingerprint density at radius 2 is 2.18 bits per heavy atom. The summed E-state index contributed by atoms with van der Waals surface area (Å²) in [5.41, 5.74) is 2.25. The van der Waals surface area contributed by atoms with Crippen molar-refractivity contribution < 1.29 is 15.0 Å². The van der Waals surface area contributed by atoms with E-state index in [1.807, 2.05) is 0 Å². The molecule has 1 aliphatic heterocycles. The minimum absolute atomic E-state index is 0.147. The van der Waals surface area contributed by atoms with Gasteiger partial charge in [0.05, 0.1) is 31.0 Å². The third-order valence-electron chi connectivity index (χ3n) is 4.53. The van der Waals surface area contributed by atoms with Gasteiger partial charge in [-0.15, -0.1) is 0 Å². The first-order chi connectivity index (χ1) is 10.4. The Hall–Kier alpha value is -1.64. The van der Waals surface area contributed by atoms with Crippen molar-refractivity contribution in [1.29, 1.82) is 0 Å². The average molecular weight is 311 g/mol. The van der Waals surface area contributed by atoms with Crippen LogP contribution in [0.1, 0.15) is 26.7 Å². The molecule has 1 aromatic heterocycles. The summed E-state index contributed by atoms with van der Waals surface area (Å²) in [5, 5.41) is 23.2. The number of hydrogen-bond acceptors (Lipinski definition) is 6. The van der Waals surface area contributed by atoms with E-state index in [0.29, 0.717) is 6.54 Å². The Morgan fingerprint density at radius 3 is 2.77 bits per heavy atom. The van der Waals surface area contributed by atoms with Crippen molar-refractivity contribution >= 4 is 11.6 Å². The van der Waals surface area contributed by atoms with Gasteiger partial charge in [0.25, 0.3) is 0 Å². The Labute approximate surface area is 129 Å². The van der Waals surface area contributed by atoms with Crippen molar-refractivity contribution in [2.75, 3.05) is 24.7 Å². The molecule has 0 aromatic carbocycles. The first-order valence-electron chi connectivity index (χ1n) is 7.49. The fraction of sp³-hybridized carbons (Fsp3) is 0.714. The van der Waals surface area contributed by atoms with Crippen LogP contribution in [-0.2, 0) is 10.3 Å². The third kappa shape index (κ3) is 3.08. The molecule has 0 aliphatic carbocycles. The summed E-state index contributed by atoms with van der Waals surface area (Å²) in [7, 11) is 0. The highest BCUT2D eigenvalue weighted by Crippen LogP contribution is 2.28. The van der Waals surface area contributed by atoms with Gasteiger partial charge in [-0.1, -0.05) is 0 Å². The molecule has 22 heavy (non-hydrogen) atoms. The molecule has 0 spiro atoms. The molecule has 1 aromatic rings. The fourth-order valence-electron chi connectivity index (χ4n) is 2.75. The highest BCUT2D eigenvalue weighted by atomic mass is 16.3. The van der Waals surface area contributed by atoms with Gasteiger partial charge in [-0.25, -0.2) is 5.84 Å². The molecule has 124 valence electrons. The largest absolute Gasteiger partial charge is 0.394 e. The molecular weight excluding hydrogens is 286 g/mol. The molecule has 1 amide bonds. The lowest BCUT2D eigenvalue weighted by Gasteiger charge is -2.38. The molecule has 1 saturated heterocycles. The van der Waals surface area contributed by atoms with Crippen LogP contribution in [0.15, 0.2) is 12.4 Å². The predicted octanol–water partition coefficient (Wildman–Crippen LogP) is -0.822. The number of carbonyl (C=O) groups excluding carboxylic acids is 1. The number of anilines is 1. The second kappa shape index (κ2) is 6.64. The highest BCUT2D eigenvalue weighted by Gasteiger charge is 2.32. The van der Waals surface area contributed by atoms with Crippen LogP contribution < -0.4 is 16.2 Å². The molecule has 2 heterocycles. The van der Waals surface area contributed by atoms with Gasteiger partial charge in [0.15, 0.2) is 0 Å². The average Bonchev–Trinajstić information content (AvgIpc) is 3.04. The van der Waals surface area contributed by atoms with Crippen molar-refractivity contribution in [2.45, 2.75) is 38.3 Å². The third-order valence-corrected chi connectivity index (χ3v) is 4.53. The highest BCUT2D eigenvalue weighted by molar-refractivity contribution is 5.79. The van der Waals surface area contributed by atoms with Gasteiger partial charge in [0.1, 0.15) is 5.54 Å². The number of hydrogen-bond donors (Lipinski definition) is 4. The number of amides is 1. The molecule has 8 heteroatoms. The molecule has 2 rings (SSSR count). The van der Waals surface area contributed by atoms with Crippen LogP contribution in [0.25, 0.3) is 0 Å². The normalized spacial score (nSPS) is 22.7. The van der Waals surface area contributed by atoms with Crippen LogP contribution in [0.2, 0.25) is 0 Å². The zero-order chi connectivity index (χ0) is 16.3. The van der Waals surface area contributed by atoms with Crippen LogP contribution in [0.4, 0.5) is 5.69 Å². The van der Waals surface area contributed by atoms with E-state index in [2.05, 4.69) is 22.3 Å². The number of piperidine rings is 1. The minimum Gasteiger partial charge on any atom is -0.394 e. The van der Waals surface area contributed by atoms with Gasteiger partial charge < -0.3 is 15.1 Å². The van der Waals surface area contributed by atoms with Gasteiger partial charge in [-0.3, -0.25) is 14.9 Å². The summed E-state index contributed by atoms with van der Waals surface area (Å²) in [4.78, 5) is 13.9. The number of aliphatic hydroxyl groups excluding tert-OH is 2. The lowest BCUT2D eigenvalue weighted by Crippen LogP contribution is -2.48. The minimum atomic E-state index is -0.842. The van der Waals surface area contributed by atoms with Crippen molar-refractivity contribution in [1.82, 2.24) is 15.2 Å². The molecule has 8 nitrogen and oxygen atoms in total. The quantitative estimate of drug-likeness (QED) is 0.321. The van der Waals surface area contributed by atoms with E-state index >= 15 is 0 Å². The Bertz CT molecular complexity index is 514. The SMILES string of the molecule is CC1CCC(C(=O)NN)CN1c1cnn(C(C)(CO)CO)c1. The van der Waals surface area contributed by atoms with Crippen molar-refractivity contribution in [3.63, 3.8) is 0 Å². The molecule has 0 radical (unpaired) electrons. The summed E-state index contributed by atoms with van der Waals surface area (Å²) in [6.45, 7) is 3.99. The molecule has 5 N–H and O–H groups in total. The molecule has 0 saturated carbocycles. The standard InChI is InChI=1S/C14H25N5O3/c1-10-3-4-11(13(22)17-15)6-18(10)12-5-16-19(7-12)14(2,8-20)9-21/h5,7,10-11,20-21H,3-4,6,8-9,15H2,1-2H3,(H,17,22). The van der Waals surface area contributed by atoms with Crippen LogP contribution in [-0.4, -0.2) is 51.7 Å². The van der Waals surface area contributed by atoms with Crippen molar-refractivity contribution in [3.8, 4) is 0 Å². The monoisotopic (exact) mass is 311 g/mol. The number of nitrogens with zero attached hydrogens (tertiary/aromatic N) is 3. The van der Waals surface area contributed by atoms with Gasteiger partial charge in [0.2, 0.25) is 5.91 Å². The van der Waals surface area contributed by atoms with E-state index in [1.54, 1.807) is 24.0 Å². The van der Waals surface area contributed by atoms with E-state index in [-0.39, 0.29) is 31.1 Å². The van der Waals surface area contributed by atoms with E-state index in [1.165, 1.54) is 0 Å². The number of hydrazine groups is 1. The summed E-state index contributed by atoms with van der Waals surface area (Å²) in [6.07, 6.45) is 5.19. The van der Waals surface area contributed by atoms with E-state index in [9.17, 15) is 15.0 Å². The molecular formula is C14H25N5O3. The lowest BCUT2D eigenvalue weighted by atomic mass is 9.92. The van der Waals surface area contributed by atoms with Crippen LogP contribution in [0.3, 0.4) is 0 Å². The number of aliphatic hydroxyl groups is 2. The zero-order valence-corrected chi connectivity index (χ0v) is 13.1. The second-order valence-corrected chi connectivity index (χ2v) is 6.24. The summed E-state index contributed by atoms with van der Waals surface area (Å²) < 4.78 is 1.57. The summed E-state index contributed by atoms with van der Waals surface area (Å²) >= 11 is 0. The Kier molecular flexibility index (Phi) is 5.05. The summed E-state index contributed by atoms with van der Waals surface area (Å²) in [5.74, 6) is 4.93. The van der Waals surface area contributed by atoms with Crippen LogP contribution in [0.5, 0.6) is 0 Å². The molecule has 2 unspecified atom stereocenters. The van der Waals surface area contributed by atoms with Gasteiger partial charge in [-0.05, 0) is 26.7 Å². The van der Waals surface area contributed by atoms with E-state index in [4.69, 9.17) is 5.84 Å². The topological polar surface area (TPSA) is 117 Å². The predicted molar refractivity (Wildman–Crippen MR) is 81.9 cm³/mol. The van der Waals surface area contributed by atoms with Crippen molar-refractivity contribution in [2.24, 2.45) is 11.8 Å². The molecule has 0 bridgehead atoms. The fourth-order valence-corrected chi connectivity index (χ4v) is 2.75. The number of nitrogens with two attached hydrogens (primary N) is 1. The molecule has 1 fully saturated rings. The number of aromatic nitrogens is 2. The maximum atomic E-state index is 11.8. The van der Waals surface area contributed by atoms with E-state index in [0.717, 1.165) is 18.5 Å². The van der Waals surface area contributed by atoms with Gasteiger partial charge in [-0.2, -0.15) is 5.10 Å². The molecule has 2 atom stereocenters. The first kappa shape index (κ1) is 16.7. The number of rotatable bonds is 5. The van der Waals surface area contributed by atoms with Gasteiger partial charge in [0, 0.05) is 18.8 Å². The Morgan fingerprint density at radius 1 is 1.50 bits per heavy atom. The van der Waals surface area contributed by atoms with Crippen LogP contribution in [0, 0.1) is 5.92 Å². The number of nitrogens with one attached hydrogen (secondary N) is 1. The van der Waals surface area contributed by atoms with Crippen LogP contribution >= 0.6 is 0 Å². The number of carbonyl (C=O) groups is 1. The zero-order valence-electron chi connectivity index (χ0n) is 13.1. The Balaban J connectivity index is 2.19. The van der Waals surface area contributed by atoms with Crippen molar-refractivity contribution in [3.05, 3.63) is 12.4 Å². The van der Waals surface area contributed by atoms with Gasteiger partial charge >= 0.3 is 0 Å². The second-order valence-electron chi connectivity index (χ2n) is 6.24.